The topological polar surface area (TPSA) is 76.7 Å². The summed E-state index contributed by atoms with van der Waals surface area (Å²) in [5.41, 5.74) is 1.69. The first-order valence-corrected chi connectivity index (χ1v) is 8.04. The molecule has 0 aromatic heterocycles. The second kappa shape index (κ2) is 6.68. The SMILES string of the molecule is Cc1ccc(NC(=O)C(=O)NC[C@@H]2COC3(CCCC3)O2)cc1. The number of rotatable bonds is 3. The third-order valence-corrected chi connectivity index (χ3v) is 4.29. The van der Waals surface area contributed by atoms with Gasteiger partial charge in [-0.25, -0.2) is 0 Å². The van der Waals surface area contributed by atoms with Gasteiger partial charge in [0.1, 0.15) is 6.10 Å². The predicted molar refractivity (Wildman–Crippen MR) is 84.8 cm³/mol. The maximum atomic E-state index is 11.9. The number of carbonyl (C=O) groups excluding carboxylic acids is 2. The van der Waals surface area contributed by atoms with Crippen LogP contribution in [-0.2, 0) is 19.1 Å². The second-order valence-electron chi connectivity index (χ2n) is 6.20. The van der Waals surface area contributed by atoms with E-state index in [0.29, 0.717) is 12.3 Å². The number of aryl methyl sites for hydroxylation is 1. The third-order valence-electron chi connectivity index (χ3n) is 4.29. The molecule has 2 aliphatic rings. The van der Waals surface area contributed by atoms with Gasteiger partial charge in [-0.1, -0.05) is 17.7 Å². The van der Waals surface area contributed by atoms with E-state index >= 15 is 0 Å². The average molecular weight is 318 g/mol. The molecule has 2 fully saturated rings. The Bertz CT molecular complexity index is 579. The van der Waals surface area contributed by atoms with Gasteiger partial charge in [-0.2, -0.15) is 0 Å². The highest BCUT2D eigenvalue weighted by molar-refractivity contribution is 6.39. The summed E-state index contributed by atoms with van der Waals surface area (Å²) in [7, 11) is 0. The Labute approximate surface area is 135 Å². The van der Waals surface area contributed by atoms with Gasteiger partial charge >= 0.3 is 11.8 Å². The number of nitrogens with one attached hydrogen (secondary N) is 2. The minimum atomic E-state index is -0.677. The van der Waals surface area contributed by atoms with Crippen LogP contribution in [0.15, 0.2) is 24.3 Å². The number of anilines is 1. The van der Waals surface area contributed by atoms with Gasteiger partial charge in [0.15, 0.2) is 5.79 Å². The molecular weight excluding hydrogens is 296 g/mol. The first-order chi connectivity index (χ1) is 11.1. The van der Waals surface area contributed by atoms with Crippen LogP contribution < -0.4 is 10.6 Å². The summed E-state index contributed by atoms with van der Waals surface area (Å²) in [4.78, 5) is 23.7. The molecule has 1 aliphatic heterocycles. The molecule has 2 amide bonds. The quantitative estimate of drug-likeness (QED) is 0.832. The normalized spacial score (nSPS) is 22.2. The molecule has 2 N–H and O–H groups in total. The van der Waals surface area contributed by atoms with Gasteiger partial charge < -0.3 is 20.1 Å². The lowest BCUT2D eigenvalue weighted by Gasteiger charge is -2.21. The number of carbonyl (C=O) groups is 2. The Hall–Kier alpha value is -1.92. The van der Waals surface area contributed by atoms with Gasteiger partial charge in [0.2, 0.25) is 0 Å². The molecule has 1 aromatic carbocycles. The van der Waals surface area contributed by atoms with Crippen molar-refractivity contribution in [2.75, 3.05) is 18.5 Å². The van der Waals surface area contributed by atoms with E-state index in [9.17, 15) is 9.59 Å². The fourth-order valence-electron chi connectivity index (χ4n) is 3.00. The molecule has 1 spiro atoms. The largest absolute Gasteiger partial charge is 0.347 e. The van der Waals surface area contributed by atoms with Crippen LogP contribution in [0.4, 0.5) is 5.69 Å². The fourth-order valence-corrected chi connectivity index (χ4v) is 3.00. The molecule has 3 rings (SSSR count). The molecule has 1 aliphatic carbocycles. The second-order valence-corrected chi connectivity index (χ2v) is 6.20. The highest BCUT2D eigenvalue weighted by Crippen LogP contribution is 2.38. The molecule has 23 heavy (non-hydrogen) atoms. The van der Waals surface area contributed by atoms with Crippen molar-refractivity contribution in [3.8, 4) is 0 Å². The first kappa shape index (κ1) is 16.0. The van der Waals surface area contributed by atoms with Crippen LogP contribution in [0.25, 0.3) is 0 Å². The van der Waals surface area contributed by atoms with Crippen LogP contribution in [0, 0.1) is 6.92 Å². The van der Waals surface area contributed by atoms with Gasteiger partial charge in [0, 0.05) is 25.1 Å². The van der Waals surface area contributed by atoms with Gasteiger partial charge in [-0.15, -0.1) is 0 Å². The molecule has 1 heterocycles. The van der Waals surface area contributed by atoms with Gasteiger partial charge in [-0.3, -0.25) is 9.59 Å². The maximum absolute atomic E-state index is 11.9. The minimum absolute atomic E-state index is 0.191. The number of ether oxygens (including phenoxy) is 2. The monoisotopic (exact) mass is 318 g/mol. The molecule has 0 radical (unpaired) electrons. The van der Waals surface area contributed by atoms with Gasteiger partial charge in [-0.05, 0) is 31.9 Å². The zero-order valence-electron chi connectivity index (χ0n) is 13.3. The third kappa shape index (κ3) is 3.89. The van der Waals surface area contributed by atoms with Crippen LogP contribution in [-0.4, -0.2) is 36.9 Å². The van der Waals surface area contributed by atoms with E-state index in [2.05, 4.69) is 10.6 Å². The fraction of sp³-hybridized carbons (Fsp3) is 0.529. The summed E-state index contributed by atoms with van der Waals surface area (Å²) in [5, 5.41) is 5.18. The number of hydrogen-bond donors (Lipinski definition) is 2. The molecule has 6 nitrogen and oxygen atoms in total. The summed E-state index contributed by atoms with van der Waals surface area (Å²) >= 11 is 0. The Balaban J connectivity index is 1.44. The van der Waals surface area contributed by atoms with E-state index in [4.69, 9.17) is 9.47 Å². The Morgan fingerprint density at radius 2 is 1.87 bits per heavy atom. The maximum Gasteiger partial charge on any atom is 0.313 e. The lowest BCUT2D eigenvalue weighted by molar-refractivity contribution is -0.161. The van der Waals surface area contributed by atoms with E-state index in [-0.39, 0.29) is 12.6 Å². The van der Waals surface area contributed by atoms with Crippen molar-refractivity contribution in [1.82, 2.24) is 5.32 Å². The molecular formula is C17H22N2O4. The van der Waals surface area contributed by atoms with Crippen LogP contribution in [0.3, 0.4) is 0 Å². The molecule has 1 saturated heterocycles. The molecule has 1 saturated carbocycles. The van der Waals surface area contributed by atoms with Crippen LogP contribution >= 0.6 is 0 Å². The Morgan fingerprint density at radius 1 is 1.17 bits per heavy atom. The predicted octanol–water partition coefficient (Wildman–Crippen LogP) is 1.74. The molecule has 6 heteroatoms. The van der Waals surface area contributed by atoms with Crippen molar-refractivity contribution in [3.05, 3.63) is 29.8 Å². The number of benzene rings is 1. The van der Waals surface area contributed by atoms with Crippen molar-refractivity contribution in [2.24, 2.45) is 0 Å². The molecule has 1 aromatic rings. The van der Waals surface area contributed by atoms with E-state index in [1.807, 2.05) is 19.1 Å². The molecule has 1 atom stereocenters. The Morgan fingerprint density at radius 3 is 2.57 bits per heavy atom. The van der Waals surface area contributed by atoms with Crippen LogP contribution in [0.1, 0.15) is 31.2 Å². The number of hydrogen-bond acceptors (Lipinski definition) is 4. The molecule has 0 bridgehead atoms. The summed E-state index contributed by atoms with van der Waals surface area (Å²) in [6.45, 7) is 2.70. The van der Waals surface area contributed by atoms with Crippen molar-refractivity contribution < 1.29 is 19.1 Å². The van der Waals surface area contributed by atoms with E-state index < -0.39 is 17.6 Å². The lowest BCUT2D eigenvalue weighted by atomic mass is 10.2. The first-order valence-electron chi connectivity index (χ1n) is 8.04. The molecule has 0 unspecified atom stereocenters. The van der Waals surface area contributed by atoms with E-state index in [0.717, 1.165) is 31.2 Å². The zero-order chi connectivity index (χ0) is 16.3. The minimum Gasteiger partial charge on any atom is -0.347 e. The van der Waals surface area contributed by atoms with Crippen molar-refractivity contribution in [1.29, 1.82) is 0 Å². The van der Waals surface area contributed by atoms with Gasteiger partial charge in [0.25, 0.3) is 0 Å². The number of amides is 2. The van der Waals surface area contributed by atoms with Crippen molar-refractivity contribution in [3.63, 3.8) is 0 Å². The summed E-state index contributed by atoms with van der Waals surface area (Å²) in [5.74, 6) is -1.79. The average Bonchev–Trinajstić information content (AvgIpc) is 3.17. The van der Waals surface area contributed by atoms with E-state index in [1.54, 1.807) is 12.1 Å². The summed E-state index contributed by atoms with van der Waals surface area (Å²) in [6.07, 6.45) is 3.84. The Kier molecular flexibility index (Phi) is 4.63. The smallest absolute Gasteiger partial charge is 0.313 e. The lowest BCUT2D eigenvalue weighted by Crippen LogP contribution is -2.40. The van der Waals surface area contributed by atoms with Gasteiger partial charge in [0.05, 0.1) is 6.61 Å². The summed E-state index contributed by atoms with van der Waals surface area (Å²) < 4.78 is 11.6. The van der Waals surface area contributed by atoms with Crippen molar-refractivity contribution in [2.45, 2.75) is 44.5 Å². The molecule has 124 valence electrons. The highest BCUT2D eigenvalue weighted by Gasteiger charge is 2.43. The highest BCUT2D eigenvalue weighted by atomic mass is 16.7. The standard InChI is InChI=1S/C17H22N2O4/c1-12-4-6-13(7-5-12)19-16(21)15(20)18-10-14-11-22-17(23-14)8-2-3-9-17/h4-7,14H,2-3,8-11H2,1H3,(H,18,20)(H,19,21)/t14-/m1/s1. The van der Waals surface area contributed by atoms with Crippen LogP contribution in [0.2, 0.25) is 0 Å². The summed E-state index contributed by atoms with van der Waals surface area (Å²) in [6, 6.07) is 7.27. The van der Waals surface area contributed by atoms with Crippen molar-refractivity contribution >= 4 is 17.5 Å². The van der Waals surface area contributed by atoms with E-state index in [1.165, 1.54) is 0 Å². The zero-order valence-corrected chi connectivity index (χ0v) is 13.3. The van der Waals surface area contributed by atoms with Crippen LogP contribution in [0.5, 0.6) is 0 Å².